The van der Waals surface area contributed by atoms with Gasteiger partial charge in [-0.15, -0.1) is 0 Å². The van der Waals surface area contributed by atoms with Crippen LogP contribution in [0.25, 0.3) is 0 Å². The number of hydrogen-bond donors (Lipinski definition) is 0. The highest BCUT2D eigenvalue weighted by atomic mass is 16.5. The van der Waals surface area contributed by atoms with E-state index in [-0.39, 0.29) is 11.9 Å². The van der Waals surface area contributed by atoms with Gasteiger partial charge in [-0.3, -0.25) is 9.59 Å². The summed E-state index contributed by atoms with van der Waals surface area (Å²) in [4.78, 5) is 27.2. The van der Waals surface area contributed by atoms with Crippen LogP contribution in [0.4, 0.5) is 0 Å². The average molecular weight is 363 g/mol. The lowest BCUT2D eigenvalue weighted by Gasteiger charge is -2.37. The molecule has 2 unspecified atom stereocenters. The number of hydrogen-bond acceptors (Lipinski definition) is 3. The first-order chi connectivity index (χ1) is 13.1. The fourth-order valence-corrected chi connectivity index (χ4v) is 4.25. The summed E-state index contributed by atoms with van der Waals surface area (Å²) in [6, 6.07) is 19.9. The van der Waals surface area contributed by atoms with Crippen molar-refractivity contribution in [3.63, 3.8) is 0 Å². The maximum atomic E-state index is 13.8. The van der Waals surface area contributed by atoms with Crippen molar-refractivity contribution in [2.45, 2.75) is 43.9 Å². The monoisotopic (exact) mass is 363 g/mol. The first-order valence-corrected chi connectivity index (χ1v) is 9.63. The van der Waals surface area contributed by atoms with Crippen molar-refractivity contribution in [1.29, 1.82) is 0 Å². The van der Waals surface area contributed by atoms with E-state index in [1.54, 1.807) is 4.90 Å². The molecule has 1 saturated heterocycles. The zero-order valence-corrected chi connectivity index (χ0v) is 15.6. The summed E-state index contributed by atoms with van der Waals surface area (Å²) in [6.45, 7) is 2.42. The Labute approximate surface area is 160 Å². The Kier molecular flexibility index (Phi) is 4.83. The largest absolute Gasteiger partial charge is 0.349 e. The Hall–Kier alpha value is -2.46. The predicted molar refractivity (Wildman–Crippen MR) is 103 cm³/mol. The van der Waals surface area contributed by atoms with Crippen LogP contribution in [0.1, 0.15) is 30.9 Å². The van der Waals surface area contributed by atoms with E-state index < -0.39 is 11.6 Å². The van der Waals surface area contributed by atoms with Gasteiger partial charge >= 0.3 is 0 Å². The highest BCUT2D eigenvalue weighted by molar-refractivity contribution is 5.91. The van der Waals surface area contributed by atoms with E-state index in [0.717, 1.165) is 30.3 Å². The van der Waals surface area contributed by atoms with Crippen LogP contribution >= 0.6 is 0 Å². The van der Waals surface area contributed by atoms with E-state index in [2.05, 4.69) is 0 Å². The third-order valence-corrected chi connectivity index (χ3v) is 6.00. The second-order valence-corrected chi connectivity index (χ2v) is 7.76. The van der Waals surface area contributed by atoms with E-state index in [1.165, 1.54) is 0 Å². The summed E-state index contributed by atoms with van der Waals surface area (Å²) in [5.74, 6) is 0.324. The maximum absolute atomic E-state index is 13.8. The first-order valence-electron chi connectivity index (χ1n) is 9.63. The van der Waals surface area contributed by atoms with Crippen LogP contribution in [0.3, 0.4) is 0 Å². The number of ether oxygens (including phenoxy) is 1. The average Bonchev–Trinajstić information content (AvgIpc) is 3.50. The Morgan fingerprint density at radius 1 is 1.11 bits per heavy atom. The normalized spacial score (nSPS) is 24.4. The number of nitrogens with zero attached hydrogens (tertiary/aromatic N) is 1. The van der Waals surface area contributed by atoms with Crippen LogP contribution in [0.5, 0.6) is 0 Å². The van der Waals surface area contributed by atoms with Gasteiger partial charge in [-0.05, 0) is 43.2 Å². The summed E-state index contributed by atoms with van der Waals surface area (Å²) >= 11 is 0. The molecule has 2 aliphatic rings. The molecule has 0 spiro atoms. The molecule has 1 saturated carbocycles. The minimum atomic E-state index is -0.798. The van der Waals surface area contributed by atoms with Crippen molar-refractivity contribution in [3.8, 4) is 0 Å². The van der Waals surface area contributed by atoms with Crippen LogP contribution in [0, 0.1) is 5.92 Å². The number of benzene rings is 2. The maximum Gasteiger partial charge on any atom is 0.235 e. The smallest absolute Gasteiger partial charge is 0.235 e. The minimum Gasteiger partial charge on any atom is -0.349 e. The predicted octanol–water partition coefficient (Wildman–Crippen LogP) is 3.35. The highest BCUT2D eigenvalue weighted by Gasteiger charge is 2.53. The quantitative estimate of drug-likeness (QED) is 0.740. The van der Waals surface area contributed by atoms with Crippen LogP contribution in [-0.2, 0) is 26.2 Å². The Balaban J connectivity index is 1.66. The van der Waals surface area contributed by atoms with Gasteiger partial charge in [0.2, 0.25) is 5.91 Å². The van der Waals surface area contributed by atoms with Gasteiger partial charge in [-0.1, -0.05) is 60.7 Å². The number of amides is 1. The molecule has 2 aromatic rings. The first kappa shape index (κ1) is 17.9. The molecular formula is C23H25NO3. The lowest BCUT2D eigenvalue weighted by molar-refractivity contribution is -0.147. The van der Waals surface area contributed by atoms with E-state index in [1.807, 2.05) is 67.6 Å². The van der Waals surface area contributed by atoms with E-state index in [0.29, 0.717) is 18.9 Å². The number of rotatable bonds is 6. The van der Waals surface area contributed by atoms with E-state index >= 15 is 0 Å². The third kappa shape index (κ3) is 3.30. The molecule has 1 aliphatic carbocycles. The fraction of sp³-hybridized carbons (Fsp3) is 0.391. The topological polar surface area (TPSA) is 46.6 Å². The van der Waals surface area contributed by atoms with Crippen molar-refractivity contribution in [1.82, 2.24) is 4.90 Å². The van der Waals surface area contributed by atoms with Crippen molar-refractivity contribution in [2.24, 2.45) is 5.92 Å². The van der Waals surface area contributed by atoms with Gasteiger partial charge in [0.05, 0.1) is 18.1 Å². The zero-order chi connectivity index (χ0) is 18.9. The molecule has 2 fully saturated rings. The molecule has 2 aromatic carbocycles. The molecule has 1 heterocycles. The van der Waals surface area contributed by atoms with Gasteiger partial charge in [-0.2, -0.15) is 0 Å². The molecular weight excluding hydrogens is 338 g/mol. The van der Waals surface area contributed by atoms with E-state index in [9.17, 15) is 9.59 Å². The zero-order valence-electron chi connectivity index (χ0n) is 15.6. The van der Waals surface area contributed by atoms with Gasteiger partial charge in [-0.25, -0.2) is 0 Å². The SMILES string of the molecule is CC(C(=O)N1C(C=O)OC[C@H]1Cc1ccccc1)(c1ccccc1)C1CC1. The minimum absolute atomic E-state index is 0.00623. The van der Waals surface area contributed by atoms with Crippen molar-refractivity contribution < 1.29 is 14.3 Å². The molecule has 0 bridgehead atoms. The molecule has 4 nitrogen and oxygen atoms in total. The molecule has 3 atom stereocenters. The van der Waals surface area contributed by atoms with Crippen LogP contribution in [0.2, 0.25) is 0 Å². The van der Waals surface area contributed by atoms with Gasteiger partial charge < -0.3 is 9.64 Å². The summed E-state index contributed by atoms with van der Waals surface area (Å²) in [6.07, 6.45) is 2.73. The van der Waals surface area contributed by atoms with Crippen molar-refractivity contribution in [3.05, 3.63) is 71.8 Å². The van der Waals surface area contributed by atoms with Crippen LogP contribution in [0.15, 0.2) is 60.7 Å². The number of carbonyl (C=O) groups is 2. The molecule has 1 aliphatic heterocycles. The Bertz CT molecular complexity index is 803. The van der Waals surface area contributed by atoms with Gasteiger partial charge in [0.15, 0.2) is 12.5 Å². The molecule has 1 amide bonds. The molecule has 27 heavy (non-hydrogen) atoms. The summed E-state index contributed by atoms with van der Waals surface area (Å²) in [5, 5.41) is 0. The molecule has 4 heteroatoms. The van der Waals surface area contributed by atoms with Crippen molar-refractivity contribution >= 4 is 12.2 Å². The molecule has 0 radical (unpaired) electrons. The Morgan fingerprint density at radius 2 is 1.74 bits per heavy atom. The lowest BCUT2D eigenvalue weighted by atomic mass is 9.76. The summed E-state index contributed by atoms with van der Waals surface area (Å²) < 4.78 is 5.69. The summed E-state index contributed by atoms with van der Waals surface area (Å²) in [5.41, 5.74) is 1.54. The summed E-state index contributed by atoms with van der Waals surface area (Å²) in [7, 11) is 0. The highest BCUT2D eigenvalue weighted by Crippen LogP contribution is 2.49. The van der Waals surface area contributed by atoms with Crippen molar-refractivity contribution in [2.75, 3.05) is 6.61 Å². The van der Waals surface area contributed by atoms with Gasteiger partial charge in [0.1, 0.15) is 0 Å². The second-order valence-electron chi connectivity index (χ2n) is 7.76. The van der Waals surface area contributed by atoms with E-state index in [4.69, 9.17) is 4.74 Å². The second kappa shape index (κ2) is 7.28. The lowest BCUT2D eigenvalue weighted by Crippen LogP contribution is -2.53. The molecule has 140 valence electrons. The molecule has 0 N–H and O–H groups in total. The third-order valence-electron chi connectivity index (χ3n) is 6.00. The number of aldehydes is 1. The molecule has 4 rings (SSSR count). The standard InChI is InChI=1S/C23H25NO3/c1-23(19-12-13-19,18-10-6-3-7-11-18)22(26)24-20(16-27-21(24)15-25)14-17-8-4-2-5-9-17/h2-11,15,19-21H,12-14,16H2,1H3/t20-,21?,23?/m1/s1. The van der Waals surface area contributed by atoms with Crippen LogP contribution < -0.4 is 0 Å². The van der Waals surface area contributed by atoms with Gasteiger partial charge in [0, 0.05) is 0 Å². The number of carbonyl (C=O) groups excluding carboxylic acids is 2. The fourth-order valence-electron chi connectivity index (χ4n) is 4.25. The Morgan fingerprint density at radius 3 is 2.33 bits per heavy atom. The van der Waals surface area contributed by atoms with Gasteiger partial charge in [0.25, 0.3) is 0 Å². The molecule has 0 aromatic heterocycles. The van der Waals surface area contributed by atoms with Crippen LogP contribution in [-0.4, -0.2) is 36.0 Å².